The van der Waals surface area contributed by atoms with E-state index in [4.69, 9.17) is 4.74 Å². The van der Waals surface area contributed by atoms with E-state index in [0.29, 0.717) is 17.7 Å². The maximum Gasteiger partial charge on any atom is 0.338 e. The standard InChI is InChI=1S/C17H22N2O6S/c1-3-25-17(22)12-4-6-13(7-5-12)18-15(20)10-16(21)19(2)14-8-9-26(23,24)11-14/h4-7,14H,3,8-11H2,1-2H3,(H,18,20). The van der Waals surface area contributed by atoms with Crippen LogP contribution in [0.2, 0.25) is 0 Å². The first-order valence-corrected chi connectivity index (χ1v) is 10.1. The minimum Gasteiger partial charge on any atom is -0.462 e. The van der Waals surface area contributed by atoms with Crippen LogP contribution in [-0.2, 0) is 24.2 Å². The Balaban J connectivity index is 1.88. The van der Waals surface area contributed by atoms with Crippen LogP contribution >= 0.6 is 0 Å². The van der Waals surface area contributed by atoms with Gasteiger partial charge in [0.1, 0.15) is 6.42 Å². The maximum absolute atomic E-state index is 12.2. The van der Waals surface area contributed by atoms with Crippen LogP contribution < -0.4 is 5.32 Å². The van der Waals surface area contributed by atoms with Crippen molar-refractivity contribution in [2.45, 2.75) is 25.8 Å². The van der Waals surface area contributed by atoms with Gasteiger partial charge in [-0.25, -0.2) is 13.2 Å². The number of ether oxygens (including phenoxy) is 1. The van der Waals surface area contributed by atoms with Gasteiger partial charge in [0.05, 0.1) is 23.7 Å². The molecule has 8 nitrogen and oxygen atoms in total. The molecule has 0 radical (unpaired) electrons. The quantitative estimate of drug-likeness (QED) is 0.577. The topological polar surface area (TPSA) is 110 Å². The molecule has 1 heterocycles. The molecule has 2 rings (SSSR count). The predicted octanol–water partition coefficient (Wildman–Crippen LogP) is 0.837. The van der Waals surface area contributed by atoms with Gasteiger partial charge in [0, 0.05) is 18.8 Å². The van der Waals surface area contributed by atoms with Crippen LogP contribution in [0, 0.1) is 0 Å². The molecular formula is C17H22N2O6S. The Morgan fingerprint density at radius 3 is 2.42 bits per heavy atom. The van der Waals surface area contributed by atoms with Gasteiger partial charge in [-0.3, -0.25) is 9.59 Å². The van der Waals surface area contributed by atoms with Crippen molar-refractivity contribution in [2.75, 3.05) is 30.5 Å². The van der Waals surface area contributed by atoms with Crippen molar-refractivity contribution in [2.24, 2.45) is 0 Å². The van der Waals surface area contributed by atoms with Crippen molar-refractivity contribution in [3.8, 4) is 0 Å². The summed E-state index contributed by atoms with van der Waals surface area (Å²) in [4.78, 5) is 37.1. The first-order chi connectivity index (χ1) is 12.2. The fourth-order valence-corrected chi connectivity index (χ4v) is 4.43. The number of esters is 1. The normalized spacial score (nSPS) is 18.2. The van der Waals surface area contributed by atoms with Gasteiger partial charge in [-0.2, -0.15) is 0 Å². The monoisotopic (exact) mass is 382 g/mol. The second kappa shape index (κ2) is 8.31. The molecule has 0 spiro atoms. The molecular weight excluding hydrogens is 360 g/mol. The van der Waals surface area contributed by atoms with Crippen LogP contribution in [0.25, 0.3) is 0 Å². The minimum atomic E-state index is -3.10. The molecule has 0 aliphatic carbocycles. The number of carbonyl (C=O) groups is 3. The highest BCUT2D eigenvalue weighted by Gasteiger charge is 2.33. The first kappa shape index (κ1) is 19.9. The van der Waals surface area contributed by atoms with Gasteiger partial charge in [-0.15, -0.1) is 0 Å². The van der Waals surface area contributed by atoms with Crippen molar-refractivity contribution in [1.29, 1.82) is 0 Å². The lowest BCUT2D eigenvalue weighted by Gasteiger charge is -2.23. The number of benzene rings is 1. The third-order valence-electron chi connectivity index (χ3n) is 4.14. The highest BCUT2D eigenvalue weighted by molar-refractivity contribution is 7.91. The lowest BCUT2D eigenvalue weighted by atomic mass is 10.2. The SMILES string of the molecule is CCOC(=O)c1ccc(NC(=O)CC(=O)N(C)C2CCS(=O)(=O)C2)cc1. The Bertz CT molecular complexity index is 788. The van der Waals surface area contributed by atoms with E-state index in [9.17, 15) is 22.8 Å². The Hall–Kier alpha value is -2.42. The molecule has 0 aromatic heterocycles. The molecule has 0 saturated carbocycles. The molecule has 1 aliphatic rings. The molecule has 1 N–H and O–H groups in total. The third kappa shape index (κ3) is 5.29. The number of nitrogens with one attached hydrogen (secondary N) is 1. The lowest BCUT2D eigenvalue weighted by molar-refractivity contribution is -0.134. The predicted molar refractivity (Wildman–Crippen MR) is 95.5 cm³/mol. The molecule has 1 saturated heterocycles. The first-order valence-electron chi connectivity index (χ1n) is 8.25. The summed E-state index contributed by atoms with van der Waals surface area (Å²) in [5, 5.41) is 2.58. The number of rotatable bonds is 6. The zero-order chi connectivity index (χ0) is 19.3. The van der Waals surface area contributed by atoms with Crippen molar-refractivity contribution < 1.29 is 27.5 Å². The molecule has 1 atom stereocenters. The smallest absolute Gasteiger partial charge is 0.338 e. The Kier molecular flexibility index (Phi) is 6.36. The minimum absolute atomic E-state index is 0.0633. The zero-order valence-corrected chi connectivity index (χ0v) is 15.5. The second-order valence-corrected chi connectivity index (χ2v) is 8.31. The molecule has 1 fully saturated rings. The summed E-state index contributed by atoms with van der Waals surface area (Å²) in [7, 11) is -1.59. The fourth-order valence-electron chi connectivity index (χ4n) is 2.66. The van der Waals surface area contributed by atoms with Crippen LogP contribution in [0.4, 0.5) is 5.69 Å². The molecule has 26 heavy (non-hydrogen) atoms. The second-order valence-electron chi connectivity index (χ2n) is 6.08. The average molecular weight is 382 g/mol. The van der Waals surface area contributed by atoms with Crippen molar-refractivity contribution in [3.63, 3.8) is 0 Å². The summed E-state index contributed by atoms with van der Waals surface area (Å²) < 4.78 is 27.9. The highest BCUT2D eigenvalue weighted by Crippen LogP contribution is 2.17. The van der Waals surface area contributed by atoms with E-state index in [1.54, 1.807) is 19.1 Å². The van der Waals surface area contributed by atoms with Gasteiger partial charge in [0.15, 0.2) is 9.84 Å². The van der Waals surface area contributed by atoms with Crippen molar-refractivity contribution in [1.82, 2.24) is 4.90 Å². The average Bonchev–Trinajstić information content (AvgIpc) is 2.94. The number of nitrogens with zero attached hydrogens (tertiary/aromatic N) is 1. The molecule has 1 aromatic carbocycles. The van der Waals surface area contributed by atoms with Crippen LogP contribution in [0.3, 0.4) is 0 Å². The summed E-state index contributed by atoms with van der Waals surface area (Å²) in [5.74, 6) is -1.39. The van der Waals surface area contributed by atoms with Crippen LogP contribution in [0.5, 0.6) is 0 Å². The van der Waals surface area contributed by atoms with Gasteiger partial charge in [-0.1, -0.05) is 0 Å². The van der Waals surface area contributed by atoms with E-state index in [0.717, 1.165) is 0 Å². The summed E-state index contributed by atoms with van der Waals surface area (Å²) in [5.41, 5.74) is 0.810. The third-order valence-corrected chi connectivity index (χ3v) is 5.89. The lowest BCUT2D eigenvalue weighted by Crippen LogP contribution is -2.39. The van der Waals surface area contributed by atoms with Crippen LogP contribution in [-0.4, -0.2) is 62.3 Å². The maximum atomic E-state index is 12.2. The number of hydrogen-bond acceptors (Lipinski definition) is 6. The zero-order valence-electron chi connectivity index (χ0n) is 14.7. The van der Waals surface area contributed by atoms with Crippen LogP contribution in [0.1, 0.15) is 30.1 Å². The molecule has 1 aromatic rings. The number of sulfone groups is 1. The summed E-state index contributed by atoms with van der Waals surface area (Å²) >= 11 is 0. The number of amides is 2. The summed E-state index contributed by atoms with van der Waals surface area (Å²) in [6.07, 6.45) is 0.00812. The Morgan fingerprint density at radius 2 is 1.88 bits per heavy atom. The summed E-state index contributed by atoms with van der Waals surface area (Å²) in [6, 6.07) is 5.74. The number of anilines is 1. The van der Waals surface area contributed by atoms with E-state index in [1.807, 2.05) is 0 Å². The van der Waals surface area contributed by atoms with Gasteiger partial charge in [0.25, 0.3) is 0 Å². The van der Waals surface area contributed by atoms with Crippen molar-refractivity contribution in [3.05, 3.63) is 29.8 Å². The van der Waals surface area contributed by atoms with Gasteiger partial charge in [-0.05, 0) is 37.6 Å². The Labute approximate surface area is 152 Å². The van der Waals surface area contributed by atoms with E-state index < -0.39 is 27.6 Å². The van der Waals surface area contributed by atoms with E-state index in [2.05, 4.69) is 5.32 Å². The van der Waals surface area contributed by atoms with Gasteiger partial charge >= 0.3 is 5.97 Å². The number of carbonyl (C=O) groups excluding carboxylic acids is 3. The fraction of sp³-hybridized carbons (Fsp3) is 0.471. The van der Waals surface area contributed by atoms with Gasteiger partial charge < -0.3 is 15.0 Å². The number of hydrogen-bond donors (Lipinski definition) is 1. The Morgan fingerprint density at radius 1 is 1.23 bits per heavy atom. The largest absolute Gasteiger partial charge is 0.462 e. The van der Waals surface area contributed by atoms with Crippen molar-refractivity contribution >= 4 is 33.3 Å². The molecule has 1 unspecified atom stereocenters. The molecule has 1 aliphatic heterocycles. The van der Waals surface area contributed by atoms with Gasteiger partial charge in [0.2, 0.25) is 11.8 Å². The van der Waals surface area contributed by atoms with E-state index >= 15 is 0 Å². The molecule has 0 bridgehead atoms. The summed E-state index contributed by atoms with van der Waals surface area (Å²) in [6.45, 7) is 1.98. The van der Waals surface area contributed by atoms with Crippen LogP contribution in [0.15, 0.2) is 24.3 Å². The molecule has 2 amide bonds. The van der Waals surface area contributed by atoms with E-state index in [1.165, 1.54) is 24.1 Å². The molecule has 9 heteroatoms. The highest BCUT2D eigenvalue weighted by atomic mass is 32.2. The van der Waals surface area contributed by atoms with E-state index in [-0.39, 0.29) is 30.6 Å². The molecule has 142 valence electrons.